The maximum Gasteiger partial charge on any atom is 0.410 e. The molecule has 2 rings (SSSR count). The lowest BCUT2D eigenvalue weighted by atomic mass is 10.2. The van der Waals surface area contributed by atoms with Gasteiger partial charge >= 0.3 is 6.09 Å². The minimum atomic E-state index is -3.62. The Morgan fingerprint density at radius 2 is 1.95 bits per heavy atom. The van der Waals surface area contributed by atoms with Gasteiger partial charge in [0.05, 0.1) is 5.25 Å². The average molecular weight is 313 g/mol. The lowest BCUT2D eigenvalue weighted by Crippen LogP contribution is -2.36. The van der Waals surface area contributed by atoms with Gasteiger partial charge < -0.3 is 9.64 Å². The van der Waals surface area contributed by atoms with Gasteiger partial charge in [-0.3, -0.25) is 0 Å². The molecule has 0 radical (unpaired) electrons. The third kappa shape index (κ3) is 3.69. The van der Waals surface area contributed by atoms with Crippen molar-refractivity contribution < 1.29 is 17.9 Å². The summed E-state index contributed by atoms with van der Waals surface area (Å²) in [7, 11) is -3.62. The van der Waals surface area contributed by atoms with E-state index in [1.165, 1.54) is 17.3 Å². The predicted octanol–water partition coefficient (Wildman–Crippen LogP) is 1.26. The van der Waals surface area contributed by atoms with E-state index < -0.39 is 26.8 Å². The van der Waals surface area contributed by atoms with Crippen molar-refractivity contribution in [1.29, 1.82) is 0 Å². The highest BCUT2D eigenvalue weighted by molar-refractivity contribution is 7.91. The van der Waals surface area contributed by atoms with E-state index >= 15 is 0 Å². The molecule has 116 valence electrons. The fourth-order valence-corrected chi connectivity index (χ4v) is 3.56. The third-order valence-corrected chi connectivity index (χ3v) is 5.01. The molecule has 1 aliphatic heterocycles. The molecule has 1 aromatic heterocycles. The van der Waals surface area contributed by atoms with Crippen molar-refractivity contribution in [2.24, 2.45) is 0 Å². The first-order valence-corrected chi connectivity index (χ1v) is 8.23. The molecule has 0 N–H and O–H groups in total. The van der Waals surface area contributed by atoms with Gasteiger partial charge in [-0.25, -0.2) is 23.2 Å². The smallest absolute Gasteiger partial charge is 0.410 e. The Labute approximate surface area is 124 Å². The van der Waals surface area contributed by atoms with Crippen LogP contribution in [-0.4, -0.2) is 53.3 Å². The molecule has 1 saturated heterocycles. The van der Waals surface area contributed by atoms with Crippen LogP contribution in [0.3, 0.4) is 0 Å². The van der Waals surface area contributed by atoms with Crippen LogP contribution in [0.4, 0.5) is 4.79 Å². The Morgan fingerprint density at radius 3 is 2.52 bits per heavy atom. The van der Waals surface area contributed by atoms with Gasteiger partial charge in [0.2, 0.25) is 15.0 Å². The number of carbonyl (C=O) groups excluding carboxylic acids is 1. The average Bonchev–Trinajstić information content (AvgIpc) is 2.88. The second-order valence-electron chi connectivity index (χ2n) is 5.91. The van der Waals surface area contributed by atoms with E-state index in [2.05, 4.69) is 9.97 Å². The zero-order chi connectivity index (χ0) is 15.7. The van der Waals surface area contributed by atoms with E-state index in [9.17, 15) is 13.2 Å². The van der Waals surface area contributed by atoms with Crippen molar-refractivity contribution in [2.45, 2.75) is 43.2 Å². The molecule has 0 aliphatic carbocycles. The van der Waals surface area contributed by atoms with Crippen LogP contribution < -0.4 is 0 Å². The second-order valence-corrected chi connectivity index (χ2v) is 8.04. The van der Waals surface area contributed by atoms with Crippen LogP contribution in [-0.2, 0) is 14.6 Å². The van der Waals surface area contributed by atoms with Gasteiger partial charge in [-0.1, -0.05) is 0 Å². The fraction of sp³-hybridized carbons (Fsp3) is 0.615. The van der Waals surface area contributed by atoms with Gasteiger partial charge in [0.15, 0.2) is 0 Å². The normalized spacial score (nSPS) is 19.6. The molecule has 1 aromatic rings. The SMILES string of the molecule is CC(C)(C)OC(=O)N1CC[C@H](S(=O)(=O)c2ncccn2)C1. The predicted molar refractivity (Wildman–Crippen MR) is 75.4 cm³/mol. The molecular weight excluding hydrogens is 294 g/mol. The first-order valence-electron chi connectivity index (χ1n) is 6.69. The van der Waals surface area contributed by atoms with Crippen LogP contribution in [0.2, 0.25) is 0 Å². The molecule has 8 heteroatoms. The molecule has 1 atom stereocenters. The first-order chi connectivity index (χ1) is 9.70. The van der Waals surface area contributed by atoms with Gasteiger partial charge in [-0.2, -0.15) is 0 Å². The Hall–Kier alpha value is -1.70. The van der Waals surface area contributed by atoms with Crippen molar-refractivity contribution >= 4 is 15.9 Å². The molecule has 21 heavy (non-hydrogen) atoms. The first kappa shape index (κ1) is 15.7. The van der Waals surface area contributed by atoms with E-state index in [1.54, 1.807) is 26.8 Å². The zero-order valence-electron chi connectivity index (χ0n) is 12.3. The number of likely N-dealkylation sites (tertiary alicyclic amines) is 1. The van der Waals surface area contributed by atoms with Gasteiger partial charge in [0.25, 0.3) is 0 Å². The highest BCUT2D eigenvalue weighted by Crippen LogP contribution is 2.23. The fourth-order valence-electron chi connectivity index (χ4n) is 2.06. The summed E-state index contributed by atoms with van der Waals surface area (Å²) in [6.45, 7) is 5.77. The number of nitrogens with zero attached hydrogens (tertiary/aromatic N) is 3. The van der Waals surface area contributed by atoms with Gasteiger partial charge in [0, 0.05) is 25.5 Å². The lowest BCUT2D eigenvalue weighted by molar-refractivity contribution is 0.0295. The summed E-state index contributed by atoms with van der Waals surface area (Å²) < 4.78 is 30.0. The van der Waals surface area contributed by atoms with Crippen LogP contribution in [0, 0.1) is 0 Å². The Bertz CT molecular complexity index is 610. The maximum atomic E-state index is 12.4. The molecular formula is C13H19N3O4S. The van der Waals surface area contributed by atoms with Gasteiger partial charge in [-0.15, -0.1) is 0 Å². The summed E-state index contributed by atoms with van der Waals surface area (Å²) in [5.74, 6) is 0. The number of sulfone groups is 1. The van der Waals surface area contributed by atoms with E-state index in [1.807, 2.05) is 0 Å². The van der Waals surface area contributed by atoms with E-state index in [-0.39, 0.29) is 11.7 Å². The molecule has 7 nitrogen and oxygen atoms in total. The summed E-state index contributed by atoms with van der Waals surface area (Å²) in [6, 6.07) is 1.56. The number of carbonyl (C=O) groups is 1. The van der Waals surface area contributed by atoms with Crippen LogP contribution in [0.15, 0.2) is 23.6 Å². The number of rotatable bonds is 2. The highest BCUT2D eigenvalue weighted by atomic mass is 32.2. The largest absolute Gasteiger partial charge is 0.444 e. The summed E-state index contributed by atoms with van der Waals surface area (Å²) >= 11 is 0. The molecule has 0 bridgehead atoms. The van der Waals surface area contributed by atoms with Crippen LogP contribution in [0.5, 0.6) is 0 Å². The summed E-state index contributed by atoms with van der Waals surface area (Å²) in [4.78, 5) is 20.9. The van der Waals surface area contributed by atoms with Gasteiger partial charge in [0.1, 0.15) is 5.60 Å². The zero-order valence-corrected chi connectivity index (χ0v) is 13.1. The van der Waals surface area contributed by atoms with E-state index in [4.69, 9.17) is 4.74 Å². The molecule has 0 saturated carbocycles. The Balaban J connectivity index is 2.07. The number of amides is 1. The summed E-state index contributed by atoms with van der Waals surface area (Å²) in [6.07, 6.45) is 2.65. The Morgan fingerprint density at radius 1 is 1.33 bits per heavy atom. The van der Waals surface area contributed by atoms with Gasteiger partial charge in [-0.05, 0) is 33.3 Å². The van der Waals surface area contributed by atoms with Crippen LogP contribution in [0.1, 0.15) is 27.2 Å². The number of hydrogen-bond donors (Lipinski definition) is 0. The van der Waals surface area contributed by atoms with Crippen molar-refractivity contribution in [3.05, 3.63) is 18.5 Å². The third-order valence-electron chi connectivity index (χ3n) is 3.03. The molecule has 1 aliphatic rings. The van der Waals surface area contributed by atoms with Crippen molar-refractivity contribution in [2.75, 3.05) is 13.1 Å². The molecule has 0 spiro atoms. The number of hydrogen-bond acceptors (Lipinski definition) is 6. The second kappa shape index (κ2) is 5.59. The van der Waals surface area contributed by atoms with Crippen molar-refractivity contribution in [1.82, 2.24) is 14.9 Å². The molecule has 1 amide bonds. The van der Waals surface area contributed by atoms with Crippen LogP contribution >= 0.6 is 0 Å². The Kier molecular flexibility index (Phi) is 4.18. The molecule has 2 heterocycles. The lowest BCUT2D eigenvalue weighted by Gasteiger charge is -2.24. The van der Waals surface area contributed by atoms with E-state index in [0.717, 1.165) is 0 Å². The molecule has 1 fully saturated rings. The maximum absolute atomic E-state index is 12.4. The minimum absolute atomic E-state index is 0.107. The van der Waals surface area contributed by atoms with Crippen molar-refractivity contribution in [3.8, 4) is 0 Å². The van der Waals surface area contributed by atoms with Crippen molar-refractivity contribution in [3.63, 3.8) is 0 Å². The minimum Gasteiger partial charge on any atom is -0.444 e. The van der Waals surface area contributed by atoms with E-state index in [0.29, 0.717) is 13.0 Å². The standard InChI is InChI=1S/C13H19N3O4S/c1-13(2,3)20-12(17)16-8-5-10(9-16)21(18,19)11-14-6-4-7-15-11/h4,6-7,10H,5,8-9H2,1-3H3/t10-/m0/s1. The quantitative estimate of drug-likeness (QED) is 0.764. The van der Waals surface area contributed by atoms with Crippen LogP contribution in [0.25, 0.3) is 0 Å². The topological polar surface area (TPSA) is 89.5 Å². The number of aromatic nitrogens is 2. The number of ether oxygens (including phenoxy) is 1. The summed E-state index contributed by atoms with van der Waals surface area (Å²) in [5.41, 5.74) is -0.601. The monoisotopic (exact) mass is 313 g/mol. The molecule has 0 aromatic carbocycles. The highest BCUT2D eigenvalue weighted by Gasteiger charge is 2.38. The summed E-state index contributed by atoms with van der Waals surface area (Å²) in [5, 5.41) is -0.881. The molecule has 0 unspecified atom stereocenters.